The van der Waals surface area contributed by atoms with E-state index in [1.165, 1.54) is 24.4 Å². The Kier molecular flexibility index (Phi) is 6.85. The number of amides is 1. The average Bonchev–Trinajstić information content (AvgIpc) is 2.89. The summed E-state index contributed by atoms with van der Waals surface area (Å²) in [7, 11) is 0. The Morgan fingerprint density at radius 3 is 2.84 bits per heavy atom. The molecule has 5 rings (SSSR count). The number of ether oxygens (including phenoxy) is 1. The standard InChI is InChI=1S/C28H27F2N3O4/c1-2-28(36)23(34)14-22-17-12-13-31-15-21(17)33-27(35)20-11-10-19(30)26(32-20)25-16(7-5-8-18(25)29)6-3-4-9-24(28)37-22/h3,5-8,10-13,15,22-24,34,36H,2,4,9,14H2,1H3,(H,33,35). The first-order valence-electron chi connectivity index (χ1n) is 12.2. The van der Waals surface area contributed by atoms with Gasteiger partial charge in [-0.15, -0.1) is 0 Å². The van der Waals surface area contributed by atoms with Gasteiger partial charge in [0, 0.05) is 23.7 Å². The third-order valence-corrected chi connectivity index (χ3v) is 7.17. The molecule has 3 N–H and O–H groups in total. The predicted molar refractivity (Wildman–Crippen MR) is 134 cm³/mol. The molecular formula is C28H27F2N3O4. The quantitative estimate of drug-likeness (QED) is 0.437. The molecule has 37 heavy (non-hydrogen) atoms. The fraction of sp³-hybridized carbons (Fsp3) is 0.321. The molecular weight excluding hydrogens is 480 g/mol. The van der Waals surface area contributed by atoms with E-state index >= 15 is 0 Å². The first-order valence-corrected chi connectivity index (χ1v) is 12.2. The lowest BCUT2D eigenvalue weighted by Crippen LogP contribution is -2.57. The van der Waals surface area contributed by atoms with Crippen LogP contribution in [0.15, 0.2) is 54.9 Å². The summed E-state index contributed by atoms with van der Waals surface area (Å²) in [6.07, 6.45) is 5.26. The van der Waals surface area contributed by atoms with Crippen molar-refractivity contribution in [2.45, 2.75) is 56.5 Å². The zero-order chi connectivity index (χ0) is 26.2. The molecule has 9 heteroatoms. The molecule has 0 aliphatic carbocycles. The third-order valence-electron chi connectivity index (χ3n) is 7.17. The Balaban J connectivity index is 1.65. The molecule has 4 unspecified atom stereocenters. The highest BCUT2D eigenvalue weighted by molar-refractivity contribution is 6.03. The summed E-state index contributed by atoms with van der Waals surface area (Å²) >= 11 is 0. The van der Waals surface area contributed by atoms with Gasteiger partial charge in [0.15, 0.2) is 0 Å². The summed E-state index contributed by atoms with van der Waals surface area (Å²) in [6.45, 7) is 1.79. The van der Waals surface area contributed by atoms with Gasteiger partial charge in [-0.1, -0.05) is 31.2 Å². The van der Waals surface area contributed by atoms with Crippen LogP contribution >= 0.6 is 0 Å². The van der Waals surface area contributed by atoms with E-state index in [0.717, 1.165) is 6.07 Å². The van der Waals surface area contributed by atoms with Crippen LogP contribution in [0.25, 0.3) is 17.3 Å². The number of benzene rings is 1. The van der Waals surface area contributed by atoms with E-state index in [1.54, 1.807) is 37.4 Å². The summed E-state index contributed by atoms with van der Waals surface area (Å²) in [5.41, 5.74) is -0.607. The number of carbonyl (C=O) groups is 1. The molecule has 1 fully saturated rings. The number of anilines is 1. The zero-order valence-corrected chi connectivity index (χ0v) is 20.2. The largest absolute Gasteiger partial charge is 0.390 e. The van der Waals surface area contributed by atoms with Crippen LogP contribution in [0.3, 0.4) is 0 Å². The summed E-state index contributed by atoms with van der Waals surface area (Å²) in [6, 6.07) is 8.34. The predicted octanol–water partition coefficient (Wildman–Crippen LogP) is 4.81. The van der Waals surface area contributed by atoms with Crippen LogP contribution in [0.2, 0.25) is 0 Å². The van der Waals surface area contributed by atoms with Crippen molar-refractivity contribution in [3.8, 4) is 11.3 Å². The van der Waals surface area contributed by atoms with E-state index in [-0.39, 0.29) is 29.8 Å². The molecule has 192 valence electrons. The van der Waals surface area contributed by atoms with Gasteiger partial charge in [0.25, 0.3) is 5.91 Å². The highest BCUT2D eigenvalue weighted by Crippen LogP contribution is 2.42. The van der Waals surface area contributed by atoms with Crippen molar-refractivity contribution in [1.82, 2.24) is 9.97 Å². The van der Waals surface area contributed by atoms with Crippen LogP contribution in [0.4, 0.5) is 14.5 Å². The molecule has 1 aromatic carbocycles. The van der Waals surface area contributed by atoms with E-state index in [0.29, 0.717) is 29.7 Å². The zero-order valence-electron chi connectivity index (χ0n) is 20.2. The van der Waals surface area contributed by atoms with E-state index < -0.39 is 41.5 Å². The Morgan fingerprint density at radius 1 is 1.19 bits per heavy atom. The number of fused-ring (bicyclic) bond motifs is 8. The molecule has 0 spiro atoms. The van der Waals surface area contributed by atoms with Crippen molar-refractivity contribution < 1.29 is 28.5 Å². The second kappa shape index (κ2) is 10.1. The molecule has 4 heterocycles. The fourth-order valence-corrected chi connectivity index (χ4v) is 5.08. The molecule has 7 nitrogen and oxygen atoms in total. The van der Waals surface area contributed by atoms with E-state index in [1.807, 2.05) is 0 Å². The van der Waals surface area contributed by atoms with Crippen LogP contribution in [0, 0.1) is 11.6 Å². The Labute approximate surface area is 212 Å². The summed E-state index contributed by atoms with van der Waals surface area (Å²) in [5.74, 6) is -2.08. The number of halogens is 2. The second-order valence-corrected chi connectivity index (χ2v) is 9.34. The number of hydrogen-bond donors (Lipinski definition) is 3. The second-order valence-electron chi connectivity index (χ2n) is 9.34. The Bertz CT molecular complexity index is 1370. The van der Waals surface area contributed by atoms with Gasteiger partial charge >= 0.3 is 0 Å². The minimum Gasteiger partial charge on any atom is -0.390 e. The average molecular weight is 508 g/mol. The number of hydrogen-bond acceptors (Lipinski definition) is 6. The fourth-order valence-electron chi connectivity index (χ4n) is 5.08. The van der Waals surface area contributed by atoms with Crippen molar-refractivity contribution >= 4 is 17.7 Å². The summed E-state index contributed by atoms with van der Waals surface area (Å²) < 4.78 is 36.2. The number of aliphatic hydroxyl groups is 2. The van der Waals surface area contributed by atoms with Gasteiger partial charge in [-0.2, -0.15) is 0 Å². The normalized spacial score (nSPS) is 25.6. The smallest absolute Gasteiger partial charge is 0.274 e. The van der Waals surface area contributed by atoms with Crippen LogP contribution in [0.5, 0.6) is 0 Å². The minimum atomic E-state index is -1.46. The summed E-state index contributed by atoms with van der Waals surface area (Å²) in [5, 5.41) is 25.0. The lowest BCUT2D eigenvalue weighted by atomic mass is 9.79. The number of aliphatic hydroxyl groups excluding tert-OH is 1. The number of allylic oxidation sites excluding steroid dienone is 1. The maximum absolute atomic E-state index is 15.0. The SMILES string of the molecule is CCC1(O)C(O)CC2OC1CCC=Cc1cccc(F)c1-c1nc(ccc1F)C(=O)Nc1cnccc12. The van der Waals surface area contributed by atoms with Gasteiger partial charge in [0.05, 0.1) is 30.2 Å². The molecule has 2 aliphatic heterocycles. The number of nitrogens with one attached hydrogen (secondary N) is 1. The monoisotopic (exact) mass is 507 g/mol. The van der Waals surface area contributed by atoms with Gasteiger partial charge < -0.3 is 20.3 Å². The van der Waals surface area contributed by atoms with E-state index in [9.17, 15) is 23.8 Å². The minimum absolute atomic E-state index is 0.0606. The molecule has 0 radical (unpaired) electrons. The number of aromatic nitrogens is 2. The van der Waals surface area contributed by atoms with Gasteiger partial charge in [-0.3, -0.25) is 9.78 Å². The van der Waals surface area contributed by atoms with Crippen molar-refractivity contribution in [3.05, 3.63) is 83.3 Å². The van der Waals surface area contributed by atoms with Crippen LogP contribution < -0.4 is 5.32 Å². The lowest BCUT2D eigenvalue weighted by molar-refractivity contribution is -0.231. The van der Waals surface area contributed by atoms with Gasteiger partial charge in [-0.25, -0.2) is 13.8 Å². The van der Waals surface area contributed by atoms with Gasteiger partial charge in [-0.05, 0) is 49.1 Å². The van der Waals surface area contributed by atoms with Crippen LogP contribution in [-0.2, 0) is 4.74 Å². The van der Waals surface area contributed by atoms with Crippen molar-refractivity contribution in [2.75, 3.05) is 5.32 Å². The van der Waals surface area contributed by atoms with Gasteiger partial charge in [0.1, 0.15) is 28.6 Å². The number of carbonyl (C=O) groups excluding carboxylic acids is 1. The number of rotatable bonds is 1. The highest BCUT2D eigenvalue weighted by atomic mass is 19.1. The van der Waals surface area contributed by atoms with E-state index in [4.69, 9.17) is 4.74 Å². The third kappa shape index (κ3) is 4.66. The topological polar surface area (TPSA) is 105 Å². The maximum Gasteiger partial charge on any atom is 0.274 e. The first kappa shape index (κ1) is 25.1. The van der Waals surface area contributed by atoms with Crippen LogP contribution in [0.1, 0.15) is 60.3 Å². The van der Waals surface area contributed by atoms with Gasteiger partial charge in [0.2, 0.25) is 0 Å². The number of nitrogens with zero attached hydrogens (tertiary/aromatic N) is 2. The highest BCUT2D eigenvalue weighted by Gasteiger charge is 2.48. The van der Waals surface area contributed by atoms with E-state index in [2.05, 4.69) is 15.3 Å². The molecule has 1 amide bonds. The van der Waals surface area contributed by atoms with Crippen molar-refractivity contribution in [2.24, 2.45) is 0 Å². The molecule has 0 saturated carbocycles. The Hall–Kier alpha value is -3.53. The first-order chi connectivity index (χ1) is 17.8. The van der Waals surface area contributed by atoms with Crippen molar-refractivity contribution in [3.63, 3.8) is 0 Å². The number of pyridine rings is 2. The van der Waals surface area contributed by atoms with Crippen LogP contribution in [-0.4, -0.2) is 43.9 Å². The molecule has 4 bridgehead atoms. The van der Waals surface area contributed by atoms with Crippen molar-refractivity contribution in [1.29, 1.82) is 0 Å². The Morgan fingerprint density at radius 2 is 2.03 bits per heavy atom. The molecule has 3 aromatic rings. The maximum atomic E-state index is 15.0. The molecule has 1 saturated heterocycles. The molecule has 2 aliphatic rings. The molecule has 4 atom stereocenters. The summed E-state index contributed by atoms with van der Waals surface area (Å²) in [4.78, 5) is 21.4. The lowest BCUT2D eigenvalue weighted by Gasteiger charge is -2.46. The molecule has 2 aromatic heterocycles.